The molecule has 4 nitrogen and oxygen atoms in total. The lowest BCUT2D eigenvalue weighted by molar-refractivity contribution is -0.0770. The summed E-state index contributed by atoms with van der Waals surface area (Å²) in [4.78, 5) is 0. The van der Waals surface area contributed by atoms with Crippen LogP contribution in [-0.2, 0) is 11.2 Å². The van der Waals surface area contributed by atoms with Crippen molar-refractivity contribution in [3.8, 4) is 0 Å². The third kappa shape index (κ3) is 1.94. The van der Waals surface area contributed by atoms with E-state index in [-0.39, 0.29) is 5.60 Å². The molecule has 0 aliphatic carbocycles. The Balaban J connectivity index is 1.98. The molecule has 1 saturated heterocycles. The Morgan fingerprint density at radius 1 is 1.79 bits per heavy atom. The molecular formula is C9H14N2O2S. The van der Waals surface area contributed by atoms with Crippen LogP contribution in [0.5, 0.6) is 0 Å². The van der Waals surface area contributed by atoms with E-state index in [0.29, 0.717) is 6.42 Å². The predicted octanol–water partition coefficient (Wildman–Crippen LogP) is 1.01. The zero-order valence-corrected chi connectivity index (χ0v) is 8.96. The van der Waals surface area contributed by atoms with Crippen molar-refractivity contribution in [3.05, 3.63) is 11.9 Å². The molecule has 14 heavy (non-hydrogen) atoms. The number of aliphatic hydroxyl groups is 1. The van der Waals surface area contributed by atoms with Gasteiger partial charge in [0.2, 0.25) is 0 Å². The predicted molar refractivity (Wildman–Crippen MR) is 53.2 cm³/mol. The third-order valence-corrected chi connectivity index (χ3v) is 3.28. The van der Waals surface area contributed by atoms with E-state index < -0.39 is 6.10 Å². The Morgan fingerprint density at radius 3 is 3.21 bits per heavy atom. The summed E-state index contributed by atoms with van der Waals surface area (Å²) in [7, 11) is 0. The number of hydrogen-bond donors (Lipinski definition) is 1. The summed E-state index contributed by atoms with van der Waals surface area (Å²) in [6, 6.07) is 0. The van der Waals surface area contributed by atoms with Crippen molar-refractivity contribution in [3.63, 3.8) is 0 Å². The maximum Gasteiger partial charge on any atom is 0.0916 e. The fourth-order valence-electron chi connectivity index (χ4n) is 1.75. The molecule has 0 saturated carbocycles. The zero-order valence-electron chi connectivity index (χ0n) is 8.14. The minimum atomic E-state index is -0.478. The highest BCUT2D eigenvalue weighted by atomic mass is 32.1. The molecule has 1 aromatic heterocycles. The van der Waals surface area contributed by atoms with Gasteiger partial charge < -0.3 is 9.84 Å². The van der Waals surface area contributed by atoms with Crippen molar-refractivity contribution in [1.82, 2.24) is 8.75 Å². The van der Waals surface area contributed by atoms with E-state index >= 15 is 0 Å². The van der Waals surface area contributed by atoms with Crippen LogP contribution in [0.1, 0.15) is 25.5 Å². The highest BCUT2D eigenvalue weighted by Crippen LogP contribution is 2.29. The van der Waals surface area contributed by atoms with Gasteiger partial charge in [-0.05, 0) is 19.8 Å². The first-order valence-electron chi connectivity index (χ1n) is 4.79. The van der Waals surface area contributed by atoms with Gasteiger partial charge in [-0.3, -0.25) is 0 Å². The highest BCUT2D eigenvalue weighted by Gasteiger charge is 2.37. The second-order valence-corrected chi connectivity index (χ2v) is 4.44. The monoisotopic (exact) mass is 214 g/mol. The van der Waals surface area contributed by atoms with Crippen LogP contribution in [-0.4, -0.2) is 32.2 Å². The SMILES string of the molecule is CC1(C(O)Cc2cnsn2)CCCO1. The molecule has 2 unspecified atom stereocenters. The van der Waals surface area contributed by atoms with Crippen LogP contribution in [0.15, 0.2) is 6.20 Å². The van der Waals surface area contributed by atoms with E-state index in [1.165, 1.54) is 11.7 Å². The molecule has 1 aliphatic rings. The minimum absolute atomic E-state index is 0.385. The van der Waals surface area contributed by atoms with Gasteiger partial charge in [0, 0.05) is 13.0 Å². The Morgan fingerprint density at radius 2 is 2.64 bits per heavy atom. The van der Waals surface area contributed by atoms with Gasteiger partial charge in [0.25, 0.3) is 0 Å². The molecule has 1 N–H and O–H groups in total. The summed E-state index contributed by atoms with van der Waals surface area (Å²) in [6.07, 6.45) is 3.71. The molecule has 0 amide bonds. The Bertz CT molecular complexity index is 283. The number of aromatic nitrogens is 2. The number of aliphatic hydroxyl groups excluding tert-OH is 1. The molecule has 1 aromatic rings. The number of ether oxygens (including phenoxy) is 1. The molecule has 5 heteroatoms. The van der Waals surface area contributed by atoms with Gasteiger partial charge in [0.15, 0.2) is 0 Å². The normalized spacial score (nSPS) is 29.3. The fraction of sp³-hybridized carbons (Fsp3) is 0.778. The van der Waals surface area contributed by atoms with Gasteiger partial charge in [-0.15, -0.1) is 0 Å². The van der Waals surface area contributed by atoms with Crippen LogP contribution < -0.4 is 0 Å². The van der Waals surface area contributed by atoms with E-state index in [1.54, 1.807) is 6.20 Å². The molecule has 78 valence electrons. The second-order valence-electron chi connectivity index (χ2n) is 3.88. The van der Waals surface area contributed by atoms with Gasteiger partial charge in [-0.25, -0.2) is 0 Å². The van der Waals surface area contributed by atoms with Crippen molar-refractivity contribution in [2.24, 2.45) is 0 Å². The lowest BCUT2D eigenvalue weighted by atomic mass is 9.92. The first kappa shape index (κ1) is 10.0. The standard InChI is InChI=1S/C9H14N2O2S/c1-9(3-2-4-13-9)8(12)5-7-6-10-14-11-7/h6,8,12H,2-5H2,1H3. The van der Waals surface area contributed by atoms with E-state index in [0.717, 1.165) is 25.1 Å². The number of hydrogen-bond acceptors (Lipinski definition) is 5. The number of rotatable bonds is 3. The van der Waals surface area contributed by atoms with Crippen molar-refractivity contribution in [1.29, 1.82) is 0 Å². The van der Waals surface area contributed by atoms with Crippen molar-refractivity contribution in [2.45, 2.75) is 37.9 Å². The topological polar surface area (TPSA) is 55.2 Å². The summed E-state index contributed by atoms with van der Waals surface area (Å²) in [5, 5.41) is 9.99. The van der Waals surface area contributed by atoms with Crippen molar-refractivity contribution < 1.29 is 9.84 Å². The summed E-state index contributed by atoms with van der Waals surface area (Å²) in [5.74, 6) is 0. The number of nitrogens with zero attached hydrogens (tertiary/aromatic N) is 2. The van der Waals surface area contributed by atoms with Crippen LogP contribution in [0, 0.1) is 0 Å². The molecule has 1 fully saturated rings. The van der Waals surface area contributed by atoms with Crippen LogP contribution in [0.3, 0.4) is 0 Å². The third-order valence-electron chi connectivity index (χ3n) is 2.76. The average molecular weight is 214 g/mol. The minimum Gasteiger partial charge on any atom is -0.390 e. The average Bonchev–Trinajstić information content (AvgIpc) is 2.76. The van der Waals surface area contributed by atoms with E-state index in [1.807, 2.05) is 6.92 Å². The molecule has 0 spiro atoms. The summed E-state index contributed by atoms with van der Waals surface area (Å²) >= 11 is 1.17. The molecule has 2 atom stereocenters. The molecule has 2 heterocycles. The van der Waals surface area contributed by atoms with E-state index in [4.69, 9.17) is 4.74 Å². The van der Waals surface area contributed by atoms with Crippen LogP contribution in [0.2, 0.25) is 0 Å². The smallest absolute Gasteiger partial charge is 0.0916 e. The van der Waals surface area contributed by atoms with Crippen LogP contribution in [0.4, 0.5) is 0 Å². The lowest BCUT2D eigenvalue weighted by Crippen LogP contribution is -2.40. The van der Waals surface area contributed by atoms with Crippen LogP contribution >= 0.6 is 11.7 Å². The van der Waals surface area contributed by atoms with E-state index in [9.17, 15) is 5.11 Å². The van der Waals surface area contributed by atoms with Gasteiger partial charge in [0.05, 0.1) is 35.3 Å². The molecule has 1 aliphatic heterocycles. The maximum absolute atomic E-state index is 9.99. The van der Waals surface area contributed by atoms with E-state index in [2.05, 4.69) is 8.75 Å². The largest absolute Gasteiger partial charge is 0.390 e. The lowest BCUT2D eigenvalue weighted by Gasteiger charge is -2.28. The Hall–Kier alpha value is -0.520. The van der Waals surface area contributed by atoms with Gasteiger partial charge >= 0.3 is 0 Å². The van der Waals surface area contributed by atoms with Crippen molar-refractivity contribution in [2.75, 3.05) is 6.61 Å². The molecule has 0 radical (unpaired) electrons. The zero-order chi connectivity index (χ0) is 10.0. The summed E-state index contributed by atoms with van der Waals surface area (Å²) in [5.41, 5.74) is 0.461. The van der Waals surface area contributed by atoms with Gasteiger partial charge in [-0.2, -0.15) is 8.75 Å². The maximum atomic E-state index is 9.99. The molecule has 0 aromatic carbocycles. The molecule has 0 bridgehead atoms. The highest BCUT2D eigenvalue weighted by molar-refractivity contribution is 6.99. The summed E-state index contributed by atoms with van der Waals surface area (Å²) in [6.45, 7) is 2.72. The quantitative estimate of drug-likeness (QED) is 0.816. The fourth-order valence-corrected chi connectivity index (χ4v) is 2.19. The summed E-state index contributed by atoms with van der Waals surface area (Å²) < 4.78 is 13.5. The van der Waals surface area contributed by atoms with Gasteiger partial charge in [0.1, 0.15) is 0 Å². The Labute approximate surface area is 87.2 Å². The molecule has 2 rings (SSSR count). The van der Waals surface area contributed by atoms with Crippen molar-refractivity contribution >= 4 is 11.7 Å². The second kappa shape index (κ2) is 3.92. The van der Waals surface area contributed by atoms with Crippen LogP contribution in [0.25, 0.3) is 0 Å². The Kier molecular flexibility index (Phi) is 2.80. The first-order chi connectivity index (χ1) is 6.71. The van der Waals surface area contributed by atoms with Gasteiger partial charge in [-0.1, -0.05) is 0 Å². The molecular weight excluding hydrogens is 200 g/mol. The first-order valence-corrected chi connectivity index (χ1v) is 5.52.